The number of benzene rings is 1. The molecule has 108 valence electrons. The predicted octanol–water partition coefficient (Wildman–Crippen LogP) is 3.75. The molecule has 1 N–H and O–H groups in total. The third-order valence-corrected chi connectivity index (χ3v) is 3.31. The van der Waals surface area contributed by atoms with E-state index in [-0.39, 0.29) is 11.6 Å². The first kappa shape index (κ1) is 16.5. The Morgan fingerprint density at radius 1 is 1.32 bits per heavy atom. The van der Waals surface area contributed by atoms with Gasteiger partial charge in [-0.05, 0) is 61.3 Å². The summed E-state index contributed by atoms with van der Waals surface area (Å²) in [6.07, 6.45) is 0.0918. The van der Waals surface area contributed by atoms with Crippen molar-refractivity contribution in [2.24, 2.45) is 0 Å². The van der Waals surface area contributed by atoms with Crippen LogP contribution >= 0.6 is 15.9 Å². The zero-order chi connectivity index (χ0) is 14.5. The lowest BCUT2D eigenvalue weighted by Crippen LogP contribution is -2.35. The molecule has 1 aromatic rings. The Kier molecular flexibility index (Phi) is 6.30. The lowest BCUT2D eigenvalue weighted by molar-refractivity contribution is 0.0714. The highest BCUT2D eigenvalue weighted by molar-refractivity contribution is 9.10. The van der Waals surface area contributed by atoms with Crippen molar-refractivity contribution in [3.05, 3.63) is 28.2 Å². The number of methoxy groups -OCH3 is 1. The molecule has 19 heavy (non-hydrogen) atoms. The van der Waals surface area contributed by atoms with E-state index in [9.17, 15) is 0 Å². The molecule has 4 heteroatoms. The van der Waals surface area contributed by atoms with Gasteiger partial charge in [-0.2, -0.15) is 0 Å². The first-order chi connectivity index (χ1) is 8.81. The Labute approximate surface area is 124 Å². The molecule has 0 aromatic heterocycles. The Hall–Kier alpha value is -0.580. The third kappa shape index (κ3) is 6.41. The summed E-state index contributed by atoms with van der Waals surface area (Å²) in [5, 5.41) is 3.46. The summed E-state index contributed by atoms with van der Waals surface area (Å²) in [5.41, 5.74) is 1.35. The third-order valence-electron chi connectivity index (χ3n) is 2.70. The van der Waals surface area contributed by atoms with E-state index in [2.05, 4.69) is 54.2 Å². The van der Waals surface area contributed by atoms with Crippen LogP contribution in [0.1, 0.15) is 33.3 Å². The molecule has 0 amide bonds. The number of nitrogens with one attached hydrogen (secondary N) is 1. The summed E-state index contributed by atoms with van der Waals surface area (Å²) in [7, 11) is 1.68. The van der Waals surface area contributed by atoms with Crippen LogP contribution in [0, 0.1) is 0 Å². The molecule has 1 aromatic carbocycles. The maximum Gasteiger partial charge on any atom is 0.133 e. The molecule has 1 rings (SSSR count). The summed E-state index contributed by atoms with van der Waals surface area (Å²) in [6.45, 7) is 9.85. The van der Waals surface area contributed by atoms with Crippen LogP contribution in [-0.2, 0) is 11.3 Å². The van der Waals surface area contributed by atoms with Crippen molar-refractivity contribution in [3.8, 4) is 5.75 Å². The second-order valence-electron chi connectivity index (χ2n) is 5.73. The Balaban J connectivity index is 2.59. The largest absolute Gasteiger partial charge is 0.490 e. The molecular weight excluding hydrogens is 306 g/mol. The molecule has 0 saturated heterocycles. The van der Waals surface area contributed by atoms with Gasteiger partial charge >= 0.3 is 0 Å². The second-order valence-corrected chi connectivity index (χ2v) is 6.58. The lowest BCUT2D eigenvalue weighted by Gasteiger charge is -2.21. The van der Waals surface area contributed by atoms with E-state index >= 15 is 0 Å². The molecule has 1 unspecified atom stereocenters. The molecule has 0 aliphatic heterocycles. The molecule has 0 heterocycles. The molecule has 1 atom stereocenters. The van der Waals surface area contributed by atoms with Crippen LogP contribution in [0.25, 0.3) is 0 Å². The highest BCUT2D eigenvalue weighted by atomic mass is 79.9. The van der Waals surface area contributed by atoms with Gasteiger partial charge in [0, 0.05) is 19.2 Å². The highest BCUT2D eigenvalue weighted by Gasteiger charge is 2.10. The first-order valence-corrected chi connectivity index (χ1v) is 7.30. The summed E-state index contributed by atoms with van der Waals surface area (Å²) in [4.78, 5) is 0. The van der Waals surface area contributed by atoms with Gasteiger partial charge in [-0.25, -0.2) is 0 Å². The van der Waals surface area contributed by atoms with Gasteiger partial charge < -0.3 is 14.8 Å². The fourth-order valence-corrected chi connectivity index (χ4v) is 1.95. The number of hydrogen-bond acceptors (Lipinski definition) is 3. The minimum absolute atomic E-state index is 0.0918. The van der Waals surface area contributed by atoms with E-state index < -0.39 is 0 Å². The standard InChI is InChI=1S/C15H24BrNO2/c1-11(18-5)10-19-14-7-6-12(8-13(14)16)9-17-15(2,3)4/h6-8,11,17H,9-10H2,1-5H3. The summed E-state index contributed by atoms with van der Waals surface area (Å²) < 4.78 is 11.8. The topological polar surface area (TPSA) is 30.5 Å². The molecule has 0 radical (unpaired) electrons. The van der Waals surface area contributed by atoms with Crippen LogP contribution in [0.15, 0.2) is 22.7 Å². The molecule has 0 bridgehead atoms. The molecular formula is C15H24BrNO2. The Morgan fingerprint density at radius 3 is 2.53 bits per heavy atom. The van der Waals surface area contributed by atoms with E-state index in [1.807, 2.05) is 13.0 Å². The van der Waals surface area contributed by atoms with Gasteiger partial charge in [0.25, 0.3) is 0 Å². The van der Waals surface area contributed by atoms with Crippen molar-refractivity contribution in [1.82, 2.24) is 5.32 Å². The van der Waals surface area contributed by atoms with Crippen LogP contribution in [0.3, 0.4) is 0 Å². The normalized spacial score (nSPS) is 13.4. The molecule has 0 fully saturated rings. The predicted molar refractivity (Wildman–Crippen MR) is 82.7 cm³/mol. The molecule has 0 aliphatic carbocycles. The Bertz CT molecular complexity index is 402. The van der Waals surface area contributed by atoms with Crippen molar-refractivity contribution in [1.29, 1.82) is 0 Å². The summed E-state index contributed by atoms with van der Waals surface area (Å²) in [6, 6.07) is 6.16. The second kappa shape index (κ2) is 7.27. The highest BCUT2D eigenvalue weighted by Crippen LogP contribution is 2.26. The smallest absolute Gasteiger partial charge is 0.133 e. The lowest BCUT2D eigenvalue weighted by atomic mass is 10.1. The Morgan fingerprint density at radius 2 is 2.00 bits per heavy atom. The summed E-state index contributed by atoms with van der Waals surface area (Å²) in [5.74, 6) is 0.850. The van der Waals surface area contributed by atoms with E-state index in [0.29, 0.717) is 6.61 Å². The van der Waals surface area contributed by atoms with Crippen molar-refractivity contribution in [2.75, 3.05) is 13.7 Å². The molecule has 0 saturated carbocycles. The average molecular weight is 330 g/mol. The quantitative estimate of drug-likeness (QED) is 0.862. The van der Waals surface area contributed by atoms with Crippen molar-refractivity contribution >= 4 is 15.9 Å². The number of halogens is 1. The number of ether oxygens (including phenoxy) is 2. The van der Waals surface area contributed by atoms with Gasteiger partial charge in [0.15, 0.2) is 0 Å². The van der Waals surface area contributed by atoms with E-state index in [4.69, 9.17) is 9.47 Å². The van der Waals surface area contributed by atoms with Gasteiger partial charge in [0.2, 0.25) is 0 Å². The SMILES string of the molecule is COC(C)COc1ccc(CNC(C)(C)C)cc1Br. The van der Waals surface area contributed by atoms with E-state index in [0.717, 1.165) is 16.8 Å². The van der Waals surface area contributed by atoms with Crippen LogP contribution in [0.4, 0.5) is 0 Å². The van der Waals surface area contributed by atoms with Gasteiger partial charge in [0.1, 0.15) is 12.4 Å². The van der Waals surface area contributed by atoms with Gasteiger partial charge in [0.05, 0.1) is 10.6 Å². The maximum absolute atomic E-state index is 5.70. The fourth-order valence-electron chi connectivity index (χ4n) is 1.41. The van der Waals surface area contributed by atoms with Crippen molar-refractivity contribution < 1.29 is 9.47 Å². The van der Waals surface area contributed by atoms with E-state index in [1.165, 1.54) is 5.56 Å². The monoisotopic (exact) mass is 329 g/mol. The van der Waals surface area contributed by atoms with Crippen molar-refractivity contribution in [2.45, 2.75) is 45.9 Å². The fraction of sp³-hybridized carbons (Fsp3) is 0.600. The maximum atomic E-state index is 5.70. The number of hydrogen-bond donors (Lipinski definition) is 1. The van der Waals surface area contributed by atoms with Gasteiger partial charge in [-0.15, -0.1) is 0 Å². The van der Waals surface area contributed by atoms with Gasteiger partial charge in [-0.3, -0.25) is 0 Å². The zero-order valence-corrected chi connectivity index (χ0v) is 14.0. The summed E-state index contributed by atoms with van der Waals surface area (Å²) >= 11 is 3.55. The van der Waals surface area contributed by atoms with Crippen LogP contribution in [0.2, 0.25) is 0 Å². The van der Waals surface area contributed by atoms with Crippen molar-refractivity contribution in [3.63, 3.8) is 0 Å². The van der Waals surface area contributed by atoms with E-state index in [1.54, 1.807) is 7.11 Å². The van der Waals surface area contributed by atoms with Crippen LogP contribution < -0.4 is 10.1 Å². The zero-order valence-electron chi connectivity index (χ0n) is 12.4. The van der Waals surface area contributed by atoms with Crippen LogP contribution in [-0.4, -0.2) is 25.4 Å². The van der Waals surface area contributed by atoms with Crippen LogP contribution in [0.5, 0.6) is 5.75 Å². The molecule has 0 spiro atoms. The number of rotatable bonds is 6. The van der Waals surface area contributed by atoms with Gasteiger partial charge in [-0.1, -0.05) is 6.07 Å². The molecule has 0 aliphatic rings. The average Bonchev–Trinajstić information content (AvgIpc) is 2.34. The molecule has 3 nitrogen and oxygen atoms in total. The minimum atomic E-state index is 0.0918. The first-order valence-electron chi connectivity index (χ1n) is 6.51. The minimum Gasteiger partial charge on any atom is -0.490 e.